The Labute approximate surface area is 302 Å². The van der Waals surface area contributed by atoms with E-state index >= 15 is 0 Å². The molecule has 248 valence electrons. The molecule has 0 bridgehead atoms. The molecular weight excluding hydrogens is 657 g/mol. The second-order valence-corrected chi connectivity index (χ2v) is 16.2. The fourth-order valence-electron chi connectivity index (χ4n) is 6.33. The van der Waals surface area contributed by atoms with Crippen molar-refractivity contribution in [3.8, 4) is 11.5 Å². The summed E-state index contributed by atoms with van der Waals surface area (Å²) in [5.74, 6) is 0.778. The third kappa shape index (κ3) is 8.77. The minimum Gasteiger partial charge on any atom is -0.507 e. The second kappa shape index (κ2) is 17.1. The Balaban J connectivity index is 1.35. The third-order valence-electron chi connectivity index (χ3n) is 8.93. The molecule has 6 aromatic rings. The van der Waals surface area contributed by atoms with Crippen LogP contribution in [0.1, 0.15) is 69.5 Å². The van der Waals surface area contributed by atoms with Crippen molar-refractivity contribution in [2.45, 2.75) is 62.2 Å². The summed E-state index contributed by atoms with van der Waals surface area (Å²) in [6, 6.07) is 46.0. The molecule has 0 aliphatic heterocycles. The molecule has 0 aliphatic carbocycles. The summed E-state index contributed by atoms with van der Waals surface area (Å²) in [4.78, 5) is 2.26. The summed E-state index contributed by atoms with van der Waals surface area (Å²) >= 11 is 0. The van der Waals surface area contributed by atoms with Gasteiger partial charge < -0.3 is 10.2 Å². The average Bonchev–Trinajstić information content (AvgIpc) is 3.14. The van der Waals surface area contributed by atoms with Gasteiger partial charge in [0, 0.05) is 46.6 Å². The number of aromatic hydroxyl groups is 2. The Morgan fingerprint density at radius 2 is 0.714 bits per heavy atom. The van der Waals surface area contributed by atoms with Gasteiger partial charge in [-0.3, -0.25) is 0 Å². The molecule has 5 heteroatoms. The van der Waals surface area contributed by atoms with E-state index < -0.39 is 0 Å². The number of hydrogen-bond acceptors (Lipinski definition) is 5. The Hall–Kier alpha value is -4.03. The molecule has 0 unspecified atom stereocenters. The van der Waals surface area contributed by atoms with E-state index in [2.05, 4.69) is 123 Å². The highest BCUT2D eigenvalue weighted by molar-refractivity contribution is 9.09. The van der Waals surface area contributed by atoms with Crippen LogP contribution in [-0.2, 0) is 38.5 Å². The van der Waals surface area contributed by atoms with Crippen molar-refractivity contribution in [2.75, 3.05) is 0 Å². The molecule has 0 fully saturated rings. The molecule has 6 rings (SSSR count). The van der Waals surface area contributed by atoms with Crippen molar-refractivity contribution in [3.05, 3.63) is 189 Å². The van der Waals surface area contributed by atoms with E-state index in [1.807, 2.05) is 24.3 Å². The number of aryl methyl sites for hydroxylation is 2. The SMILES string of the molecule is CCc1cc(Cc2ccccc2)c(O)c(Cc2ccccc2)c1SSSc1c(CC)cc(Cc2ccccc2)c(O)c1Cc1ccccc1. The Morgan fingerprint density at radius 1 is 0.408 bits per heavy atom. The Morgan fingerprint density at radius 3 is 1.02 bits per heavy atom. The minimum absolute atomic E-state index is 0.389. The maximum Gasteiger partial charge on any atom is 0.123 e. The predicted octanol–water partition coefficient (Wildman–Crippen LogP) is 12.0. The summed E-state index contributed by atoms with van der Waals surface area (Å²) < 4.78 is 0. The lowest BCUT2D eigenvalue weighted by molar-refractivity contribution is 0.460. The van der Waals surface area contributed by atoms with E-state index in [0.29, 0.717) is 37.2 Å². The topological polar surface area (TPSA) is 40.5 Å². The van der Waals surface area contributed by atoms with Gasteiger partial charge >= 0.3 is 0 Å². The maximum absolute atomic E-state index is 11.8. The largest absolute Gasteiger partial charge is 0.507 e. The quantitative estimate of drug-likeness (QED) is 0.111. The molecule has 0 radical (unpaired) electrons. The molecule has 0 saturated carbocycles. The molecule has 0 amide bonds. The van der Waals surface area contributed by atoms with E-state index in [0.717, 1.165) is 44.9 Å². The van der Waals surface area contributed by atoms with Gasteiger partial charge in [0.05, 0.1) is 0 Å². The van der Waals surface area contributed by atoms with Crippen molar-refractivity contribution in [1.29, 1.82) is 0 Å². The van der Waals surface area contributed by atoms with E-state index in [4.69, 9.17) is 0 Å². The lowest BCUT2D eigenvalue weighted by Crippen LogP contribution is -2.01. The number of phenolic OH excluding ortho intramolecular Hbond substituents is 2. The van der Waals surface area contributed by atoms with Gasteiger partial charge in [-0.1, -0.05) is 147 Å². The lowest BCUT2D eigenvalue weighted by atomic mass is 9.94. The average molecular weight is 699 g/mol. The van der Waals surface area contributed by atoms with Crippen molar-refractivity contribution in [3.63, 3.8) is 0 Å². The second-order valence-electron chi connectivity index (χ2n) is 12.3. The highest BCUT2D eigenvalue weighted by atomic mass is 33.5. The summed E-state index contributed by atoms with van der Waals surface area (Å²) in [5, 5.41) is 23.7. The van der Waals surface area contributed by atoms with Crippen LogP contribution < -0.4 is 0 Å². The highest BCUT2D eigenvalue weighted by Gasteiger charge is 2.22. The van der Waals surface area contributed by atoms with Crippen molar-refractivity contribution in [1.82, 2.24) is 0 Å². The van der Waals surface area contributed by atoms with Gasteiger partial charge in [-0.15, -0.1) is 0 Å². The fourth-order valence-corrected chi connectivity index (χ4v) is 10.9. The van der Waals surface area contributed by atoms with E-state index in [1.54, 1.807) is 31.4 Å². The van der Waals surface area contributed by atoms with Gasteiger partial charge in [0.15, 0.2) is 0 Å². The van der Waals surface area contributed by atoms with Crippen LogP contribution in [0.3, 0.4) is 0 Å². The van der Waals surface area contributed by atoms with E-state index in [1.165, 1.54) is 33.4 Å². The zero-order valence-corrected chi connectivity index (χ0v) is 30.5. The van der Waals surface area contributed by atoms with Crippen LogP contribution in [0, 0.1) is 0 Å². The standard InChI is InChI=1S/C44H42O2S3/c1-3-35-29-37(25-31-17-9-5-10-18-31)41(45)39(27-33-21-13-7-14-22-33)43(35)47-49-48-44-36(4-2)30-38(26-32-19-11-6-12-20-32)42(46)40(44)28-34-23-15-8-16-24-34/h5-24,29-30,45-46H,3-4,25-28H2,1-2H3. The molecule has 2 N–H and O–H groups in total. The minimum atomic E-state index is 0.389. The van der Waals surface area contributed by atoms with Crippen molar-refractivity contribution in [2.24, 2.45) is 0 Å². The first kappa shape index (κ1) is 34.8. The highest BCUT2D eigenvalue weighted by Crippen LogP contribution is 2.52. The van der Waals surface area contributed by atoms with Crippen LogP contribution in [-0.4, -0.2) is 10.2 Å². The summed E-state index contributed by atoms with van der Waals surface area (Å²) in [6.45, 7) is 4.40. The Bertz CT molecular complexity index is 1820. The first-order valence-electron chi connectivity index (χ1n) is 16.9. The molecular formula is C44H42O2S3. The van der Waals surface area contributed by atoms with Gasteiger partial charge in [-0.25, -0.2) is 0 Å². The van der Waals surface area contributed by atoms with Crippen molar-refractivity contribution >= 4 is 31.4 Å². The molecule has 0 spiro atoms. The number of rotatable bonds is 14. The number of benzene rings is 6. The molecule has 49 heavy (non-hydrogen) atoms. The molecule has 6 aromatic carbocycles. The molecule has 2 nitrogen and oxygen atoms in total. The van der Waals surface area contributed by atoms with Gasteiger partial charge in [0.25, 0.3) is 0 Å². The molecule has 0 atom stereocenters. The van der Waals surface area contributed by atoms with E-state index in [9.17, 15) is 10.2 Å². The van der Waals surface area contributed by atoms with Gasteiger partial charge in [0.2, 0.25) is 0 Å². The Kier molecular flexibility index (Phi) is 12.1. The smallest absolute Gasteiger partial charge is 0.123 e. The molecule has 0 aliphatic rings. The first-order valence-corrected chi connectivity index (χ1v) is 20.4. The van der Waals surface area contributed by atoms with Gasteiger partial charge in [-0.05, 0) is 88.8 Å². The normalized spacial score (nSPS) is 11.1. The zero-order chi connectivity index (χ0) is 34.0. The van der Waals surface area contributed by atoms with Crippen LogP contribution in [0.5, 0.6) is 11.5 Å². The van der Waals surface area contributed by atoms with Crippen LogP contribution in [0.4, 0.5) is 0 Å². The van der Waals surface area contributed by atoms with Crippen molar-refractivity contribution < 1.29 is 10.2 Å². The fraction of sp³-hybridized carbons (Fsp3) is 0.182. The van der Waals surface area contributed by atoms with Crippen LogP contribution in [0.15, 0.2) is 143 Å². The third-order valence-corrected chi connectivity index (χ3v) is 13.0. The summed E-state index contributed by atoms with van der Waals surface area (Å²) in [5.41, 5.74) is 11.1. The van der Waals surface area contributed by atoms with Crippen LogP contribution in [0.2, 0.25) is 0 Å². The summed E-state index contributed by atoms with van der Waals surface area (Å²) in [6.07, 6.45) is 4.42. The molecule has 0 saturated heterocycles. The maximum atomic E-state index is 11.8. The number of hydrogen-bond donors (Lipinski definition) is 2. The molecule has 0 heterocycles. The monoisotopic (exact) mass is 698 g/mol. The van der Waals surface area contributed by atoms with Gasteiger partial charge in [-0.2, -0.15) is 0 Å². The van der Waals surface area contributed by atoms with Crippen LogP contribution >= 0.6 is 31.4 Å². The lowest BCUT2D eigenvalue weighted by Gasteiger charge is -2.20. The van der Waals surface area contributed by atoms with Crippen LogP contribution in [0.25, 0.3) is 0 Å². The molecule has 0 aromatic heterocycles. The van der Waals surface area contributed by atoms with E-state index in [-0.39, 0.29) is 0 Å². The zero-order valence-electron chi connectivity index (χ0n) is 28.1. The predicted molar refractivity (Wildman–Crippen MR) is 211 cm³/mol. The van der Waals surface area contributed by atoms with Gasteiger partial charge in [0.1, 0.15) is 11.5 Å². The number of phenols is 2. The summed E-state index contributed by atoms with van der Waals surface area (Å²) in [7, 11) is 5.17. The first-order chi connectivity index (χ1) is 24.0.